The van der Waals surface area contributed by atoms with Gasteiger partial charge in [0.1, 0.15) is 6.10 Å². The second-order valence-electron chi connectivity index (χ2n) is 2.79. The lowest BCUT2D eigenvalue weighted by Gasteiger charge is -2.15. The highest BCUT2D eigenvalue weighted by Gasteiger charge is 2.10. The Morgan fingerprint density at radius 3 is 2.20 bits per heavy atom. The zero-order chi connectivity index (χ0) is 8.15. The van der Waals surface area contributed by atoms with E-state index in [9.17, 15) is 4.79 Å². The van der Waals surface area contributed by atoms with E-state index in [0.717, 1.165) is 0 Å². The zero-order valence-corrected chi connectivity index (χ0v) is 7.18. The zero-order valence-electron chi connectivity index (χ0n) is 7.18. The SMILES string of the molecule is CCC(=O)O[C@H](C)C(C)C. The van der Waals surface area contributed by atoms with Crippen LogP contribution in [0.4, 0.5) is 0 Å². The highest BCUT2D eigenvalue weighted by Crippen LogP contribution is 2.05. The van der Waals surface area contributed by atoms with Crippen molar-refractivity contribution in [2.24, 2.45) is 5.92 Å². The lowest BCUT2D eigenvalue weighted by atomic mass is 10.1. The Kier molecular flexibility index (Phi) is 4.08. The van der Waals surface area contributed by atoms with Gasteiger partial charge in [-0.1, -0.05) is 20.8 Å². The Morgan fingerprint density at radius 1 is 1.40 bits per heavy atom. The third-order valence-electron chi connectivity index (χ3n) is 1.54. The second-order valence-corrected chi connectivity index (χ2v) is 2.79. The fraction of sp³-hybridized carbons (Fsp3) is 0.875. The van der Waals surface area contributed by atoms with E-state index >= 15 is 0 Å². The molecular weight excluding hydrogens is 128 g/mol. The first-order valence-electron chi connectivity index (χ1n) is 3.77. The van der Waals surface area contributed by atoms with E-state index in [1.807, 2.05) is 20.8 Å². The molecule has 10 heavy (non-hydrogen) atoms. The number of hydrogen-bond acceptors (Lipinski definition) is 2. The maximum atomic E-state index is 10.7. The smallest absolute Gasteiger partial charge is 0.305 e. The van der Waals surface area contributed by atoms with Crippen LogP contribution < -0.4 is 0 Å². The summed E-state index contributed by atoms with van der Waals surface area (Å²) in [5.74, 6) is 0.302. The van der Waals surface area contributed by atoms with Gasteiger partial charge in [-0.25, -0.2) is 0 Å². The van der Waals surface area contributed by atoms with Crippen molar-refractivity contribution in [2.45, 2.75) is 40.2 Å². The predicted molar refractivity (Wildman–Crippen MR) is 40.7 cm³/mol. The third-order valence-corrected chi connectivity index (χ3v) is 1.54. The molecule has 0 aromatic rings. The van der Waals surface area contributed by atoms with Crippen molar-refractivity contribution < 1.29 is 9.53 Å². The minimum Gasteiger partial charge on any atom is -0.462 e. The van der Waals surface area contributed by atoms with Gasteiger partial charge in [0, 0.05) is 6.42 Å². The summed E-state index contributed by atoms with van der Waals surface area (Å²) in [5, 5.41) is 0. The summed E-state index contributed by atoms with van der Waals surface area (Å²) in [6.45, 7) is 7.79. The average Bonchev–Trinajstić information content (AvgIpc) is 1.87. The van der Waals surface area contributed by atoms with Crippen LogP contribution in [0, 0.1) is 5.92 Å². The van der Waals surface area contributed by atoms with Gasteiger partial charge >= 0.3 is 5.97 Å². The molecule has 0 aliphatic carbocycles. The number of carbonyl (C=O) groups excluding carboxylic acids is 1. The molecule has 0 aromatic heterocycles. The van der Waals surface area contributed by atoms with Gasteiger partial charge in [-0.15, -0.1) is 0 Å². The Balaban J connectivity index is 3.57. The molecule has 0 rings (SSSR count). The van der Waals surface area contributed by atoms with E-state index in [4.69, 9.17) is 4.74 Å². The molecule has 0 unspecified atom stereocenters. The van der Waals surface area contributed by atoms with Gasteiger partial charge in [0.2, 0.25) is 0 Å². The average molecular weight is 144 g/mol. The van der Waals surface area contributed by atoms with Crippen molar-refractivity contribution in [3.8, 4) is 0 Å². The number of hydrogen-bond donors (Lipinski definition) is 0. The van der Waals surface area contributed by atoms with E-state index < -0.39 is 0 Å². The maximum absolute atomic E-state index is 10.7. The molecule has 2 nitrogen and oxygen atoms in total. The number of rotatable bonds is 3. The van der Waals surface area contributed by atoms with Crippen molar-refractivity contribution in [1.29, 1.82) is 0 Å². The van der Waals surface area contributed by atoms with Crippen molar-refractivity contribution in [2.75, 3.05) is 0 Å². The monoisotopic (exact) mass is 144 g/mol. The first-order valence-corrected chi connectivity index (χ1v) is 3.77. The lowest BCUT2D eigenvalue weighted by molar-refractivity contribution is -0.149. The van der Waals surface area contributed by atoms with Gasteiger partial charge in [0.15, 0.2) is 0 Å². The molecule has 1 atom stereocenters. The minimum atomic E-state index is -0.110. The van der Waals surface area contributed by atoms with Gasteiger partial charge in [-0.05, 0) is 12.8 Å². The second kappa shape index (κ2) is 4.31. The van der Waals surface area contributed by atoms with Crippen LogP contribution in [0.3, 0.4) is 0 Å². The molecule has 0 fully saturated rings. The summed E-state index contributed by atoms with van der Waals surface area (Å²) in [6, 6.07) is 0. The first kappa shape index (κ1) is 9.47. The Labute approximate surface area is 62.6 Å². The van der Waals surface area contributed by atoms with Crippen LogP contribution in [0.5, 0.6) is 0 Å². The lowest BCUT2D eigenvalue weighted by Crippen LogP contribution is -2.19. The molecule has 0 aromatic carbocycles. The topological polar surface area (TPSA) is 26.3 Å². The largest absolute Gasteiger partial charge is 0.462 e. The normalized spacial score (nSPS) is 13.3. The number of carbonyl (C=O) groups is 1. The number of ether oxygens (including phenoxy) is 1. The van der Waals surface area contributed by atoms with Crippen molar-refractivity contribution in [1.82, 2.24) is 0 Å². The first-order chi connectivity index (χ1) is 4.57. The predicted octanol–water partition coefficient (Wildman–Crippen LogP) is 1.98. The molecule has 0 saturated carbocycles. The van der Waals surface area contributed by atoms with Gasteiger partial charge in [0.25, 0.3) is 0 Å². The van der Waals surface area contributed by atoms with Crippen LogP contribution >= 0.6 is 0 Å². The summed E-state index contributed by atoms with van der Waals surface area (Å²) in [7, 11) is 0. The van der Waals surface area contributed by atoms with E-state index in [2.05, 4.69) is 0 Å². The molecule has 60 valence electrons. The molecule has 0 radical (unpaired) electrons. The van der Waals surface area contributed by atoms with Crippen molar-refractivity contribution in [3.63, 3.8) is 0 Å². The van der Waals surface area contributed by atoms with Crippen LogP contribution in [0.15, 0.2) is 0 Å². The van der Waals surface area contributed by atoms with Crippen LogP contribution in [0.25, 0.3) is 0 Å². The van der Waals surface area contributed by atoms with Gasteiger partial charge in [-0.3, -0.25) is 4.79 Å². The summed E-state index contributed by atoms with van der Waals surface area (Å²) in [5.41, 5.74) is 0. The standard InChI is InChI=1S/C8H16O2/c1-5-8(9)10-7(4)6(2)3/h6-7H,5H2,1-4H3/t7-/m1/s1. The summed E-state index contributed by atoms with van der Waals surface area (Å²) < 4.78 is 5.02. The van der Waals surface area contributed by atoms with Crippen LogP contribution in [-0.2, 0) is 9.53 Å². The molecule has 0 spiro atoms. The quantitative estimate of drug-likeness (QED) is 0.566. The van der Waals surface area contributed by atoms with Gasteiger partial charge in [0.05, 0.1) is 0 Å². The highest BCUT2D eigenvalue weighted by molar-refractivity contribution is 5.69. The van der Waals surface area contributed by atoms with Gasteiger partial charge in [-0.2, -0.15) is 0 Å². The summed E-state index contributed by atoms with van der Waals surface area (Å²) >= 11 is 0. The summed E-state index contributed by atoms with van der Waals surface area (Å²) in [6.07, 6.45) is 0.518. The Hall–Kier alpha value is -0.530. The van der Waals surface area contributed by atoms with Crippen molar-refractivity contribution in [3.05, 3.63) is 0 Å². The molecule has 0 saturated heterocycles. The maximum Gasteiger partial charge on any atom is 0.305 e. The van der Waals surface area contributed by atoms with Crippen LogP contribution in [-0.4, -0.2) is 12.1 Å². The van der Waals surface area contributed by atoms with E-state index in [1.165, 1.54) is 0 Å². The summed E-state index contributed by atoms with van der Waals surface area (Å²) in [4.78, 5) is 10.7. The van der Waals surface area contributed by atoms with E-state index in [0.29, 0.717) is 12.3 Å². The molecule has 0 aliphatic rings. The molecular formula is C8H16O2. The molecule has 0 amide bonds. The van der Waals surface area contributed by atoms with Crippen molar-refractivity contribution >= 4 is 5.97 Å². The highest BCUT2D eigenvalue weighted by atomic mass is 16.5. The van der Waals surface area contributed by atoms with E-state index in [-0.39, 0.29) is 12.1 Å². The minimum absolute atomic E-state index is 0.0486. The Bertz CT molecular complexity index is 108. The molecule has 0 bridgehead atoms. The fourth-order valence-electron chi connectivity index (χ4n) is 0.427. The third kappa shape index (κ3) is 3.49. The Morgan fingerprint density at radius 2 is 1.90 bits per heavy atom. The molecule has 0 N–H and O–H groups in total. The van der Waals surface area contributed by atoms with Crippen LogP contribution in [0.2, 0.25) is 0 Å². The molecule has 0 aliphatic heterocycles. The van der Waals surface area contributed by atoms with E-state index in [1.54, 1.807) is 6.92 Å². The molecule has 2 heteroatoms. The molecule has 0 heterocycles. The fourth-order valence-corrected chi connectivity index (χ4v) is 0.427. The number of esters is 1. The van der Waals surface area contributed by atoms with Gasteiger partial charge < -0.3 is 4.74 Å². The van der Waals surface area contributed by atoms with Crippen LogP contribution in [0.1, 0.15) is 34.1 Å².